The Kier molecular flexibility index (Phi) is 6.97. The first-order valence-corrected chi connectivity index (χ1v) is 6.76. The average Bonchev–Trinajstić information content (AvgIpc) is 2.45. The lowest BCUT2D eigenvalue weighted by molar-refractivity contribution is -0.143. The molecule has 1 atom stereocenters. The van der Waals surface area contributed by atoms with Gasteiger partial charge in [-0.05, 0) is 37.1 Å². The van der Waals surface area contributed by atoms with Gasteiger partial charge in [-0.2, -0.15) is 0 Å². The largest absolute Gasteiger partial charge is 0.494 e. The molecule has 106 valence electrons. The van der Waals surface area contributed by atoms with Gasteiger partial charge < -0.3 is 14.8 Å². The van der Waals surface area contributed by atoms with Crippen molar-refractivity contribution in [1.29, 1.82) is 0 Å². The predicted octanol–water partition coefficient (Wildman–Crippen LogP) is 2.69. The molecule has 0 aliphatic rings. The zero-order valence-electron chi connectivity index (χ0n) is 11.9. The van der Waals surface area contributed by atoms with Crippen LogP contribution in [-0.2, 0) is 9.53 Å². The van der Waals surface area contributed by atoms with Crippen LogP contribution in [0.3, 0.4) is 0 Å². The summed E-state index contributed by atoms with van der Waals surface area (Å²) in [6.07, 6.45) is 1.91. The number of carbonyl (C=O) groups is 1. The molecule has 1 aromatic carbocycles. The molecule has 4 nitrogen and oxygen atoms in total. The van der Waals surface area contributed by atoms with Gasteiger partial charge in [-0.1, -0.05) is 26.0 Å². The number of benzene rings is 1. The summed E-state index contributed by atoms with van der Waals surface area (Å²) in [6.45, 7) is 5.56. The van der Waals surface area contributed by atoms with Crippen LogP contribution < -0.4 is 10.1 Å². The lowest BCUT2D eigenvalue weighted by Crippen LogP contribution is -2.30. The van der Waals surface area contributed by atoms with E-state index in [-0.39, 0.29) is 5.97 Å². The number of methoxy groups -OCH3 is 1. The third kappa shape index (κ3) is 4.91. The van der Waals surface area contributed by atoms with Gasteiger partial charge >= 0.3 is 5.97 Å². The molecule has 1 rings (SSSR count). The lowest BCUT2D eigenvalue weighted by Gasteiger charge is -2.17. The maximum atomic E-state index is 11.8. The summed E-state index contributed by atoms with van der Waals surface area (Å²) < 4.78 is 10.4. The quantitative estimate of drug-likeness (QED) is 0.734. The van der Waals surface area contributed by atoms with Crippen LogP contribution in [0.15, 0.2) is 24.3 Å². The summed E-state index contributed by atoms with van der Waals surface area (Å²) in [4.78, 5) is 11.8. The monoisotopic (exact) mass is 265 g/mol. The van der Waals surface area contributed by atoms with Crippen molar-refractivity contribution in [1.82, 2.24) is 5.32 Å². The maximum Gasteiger partial charge on any atom is 0.327 e. The Hall–Kier alpha value is -1.55. The summed E-state index contributed by atoms with van der Waals surface area (Å²) in [5.41, 5.74) is 0.869. The highest BCUT2D eigenvalue weighted by Crippen LogP contribution is 2.20. The highest BCUT2D eigenvalue weighted by atomic mass is 16.5. The van der Waals surface area contributed by atoms with Gasteiger partial charge in [-0.25, -0.2) is 4.79 Å². The molecular weight excluding hydrogens is 242 g/mol. The molecule has 0 aliphatic heterocycles. The maximum absolute atomic E-state index is 11.8. The molecule has 0 spiro atoms. The Bertz CT molecular complexity index is 393. The molecule has 0 radical (unpaired) electrons. The van der Waals surface area contributed by atoms with E-state index in [1.54, 1.807) is 0 Å². The van der Waals surface area contributed by atoms with Crippen molar-refractivity contribution < 1.29 is 14.3 Å². The zero-order chi connectivity index (χ0) is 14.1. The molecular formula is C15H23NO3. The van der Waals surface area contributed by atoms with Crippen LogP contribution in [0.25, 0.3) is 0 Å². The molecule has 0 saturated carbocycles. The summed E-state index contributed by atoms with van der Waals surface area (Å²) in [7, 11) is 1.40. The first kappa shape index (κ1) is 15.5. The van der Waals surface area contributed by atoms with Crippen LogP contribution in [0, 0.1) is 0 Å². The summed E-state index contributed by atoms with van der Waals surface area (Å²) in [6, 6.07) is 7.15. The van der Waals surface area contributed by atoms with E-state index in [0.717, 1.165) is 30.7 Å². The molecule has 1 N–H and O–H groups in total. The van der Waals surface area contributed by atoms with Crippen molar-refractivity contribution in [3.8, 4) is 5.75 Å². The Morgan fingerprint density at radius 1 is 1.32 bits per heavy atom. The van der Waals surface area contributed by atoms with Crippen molar-refractivity contribution in [3.63, 3.8) is 0 Å². The second-order valence-electron chi connectivity index (χ2n) is 4.33. The van der Waals surface area contributed by atoms with Gasteiger partial charge in [0.25, 0.3) is 0 Å². The number of esters is 1. The van der Waals surface area contributed by atoms with Crippen LogP contribution in [0.1, 0.15) is 38.3 Å². The molecule has 0 bridgehead atoms. The fraction of sp³-hybridized carbons (Fsp3) is 0.533. The van der Waals surface area contributed by atoms with Crippen LogP contribution in [0.4, 0.5) is 0 Å². The molecule has 0 aliphatic carbocycles. The topological polar surface area (TPSA) is 47.6 Å². The highest BCUT2D eigenvalue weighted by molar-refractivity contribution is 5.77. The second-order valence-corrected chi connectivity index (χ2v) is 4.33. The molecule has 0 amide bonds. The Balaban J connectivity index is 2.85. The van der Waals surface area contributed by atoms with Gasteiger partial charge in [-0.15, -0.1) is 0 Å². The molecule has 4 heteroatoms. The van der Waals surface area contributed by atoms with E-state index in [2.05, 4.69) is 19.2 Å². The summed E-state index contributed by atoms with van der Waals surface area (Å²) in [5.74, 6) is 0.507. The van der Waals surface area contributed by atoms with E-state index < -0.39 is 6.04 Å². The highest BCUT2D eigenvalue weighted by Gasteiger charge is 2.20. The number of rotatable bonds is 8. The third-order valence-corrected chi connectivity index (χ3v) is 2.70. The lowest BCUT2D eigenvalue weighted by atomic mass is 10.1. The first-order chi connectivity index (χ1) is 9.22. The smallest absolute Gasteiger partial charge is 0.327 e. The van der Waals surface area contributed by atoms with Crippen molar-refractivity contribution in [3.05, 3.63) is 29.8 Å². The van der Waals surface area contributed by atoms with E-state index in [1.165, 1.54) is 7.11 Å². The average molecular weight is 265 g/mol. The van der Waals surface area contributed by atoms with E-state index in [4.69, 9.17) is 9.47 Å². The third-order valence-electron chi connectivity index (χ3n) is 2.70. The van der Waals surface area contributed by atoms with Gasteiger partial charge in [-0.3, -0.25) is 0 Å². The van der Waals surface area contributed by atoms with Crippen molar-refractivity contribution >= 4 is 5.97 Å². The van der Waals surface area contributed by atoms with Gasteiger partial charge in [0, 0.05) is 0 Å². The summed E-state index contributed by atoms with van der Waals surface area (Å²) in [5, 5.41) is 3.19. The Labute approximate surface area is 115 Å². The molecule has 0 saturated heterocycles. The molecule has 1 aromatic rings. The number of carbonyl (C=O) groups excluding carboxylic acids is 1. The number of ether oxygens (including phenoxy) is 2. The van der Waals surface area contributed by atoms with E-state index in [1.807, 2.05) is 24.3 Å². The standard InChI is InChI=1S/C15H23NO3/c1-4-9-16-14(15(17)18-3)12-7-6-8-13(11-12)19-10-5-2/h6-8,11,14,16H,4-5,9-10H2,1-3H3. The minimum Gasteiger partial charge on any atom is -0.494 e. The minimum atomic E-state index is -0.435. The predicted molar refractivity (Wildman–Crippen MR) is 75.3 cm³/mol. The van der Waals surface area contributed by atoms with Gasteiger partial charge in [0.2, 0.25) is 0 Å². The van der Waals surface area contributed by atoms with Crippen LogP contribution >= 0.6 is 0 Å². The SMILES string of the molecule is CCCNC(C(=O)OC)c1cccc(OCCC)c1. The van der Waals surface area contributed by atoms with Crippen LogP contribution in [0.5, 0.6) is 5.75 Å². The number of hydrogen-bond donors (Lipinski definition) is 1. The molecule has 0 aromatic heterocycles. The van der Waals surface area contributed by atoms with Crippen molar-refractivity contribution in [2.45, 2.75) is 32.7 Å². The Morgan fingerprint density at radius 2 is 2.11 bits per heavy atom. The number of nitrogens with one attached hydrogen (secondary N) is 1. The van der Waals surface area contributed by atoms with Gasteiger partial charge in [0.1, 0.15) is 11.8 Å². The zero-order valence-corrected chi connectivity index (χ0v) is 11.9. The fourth-order valence-electron chi connectivity index (χ4n) is 1.75. The van der Waals surface area contributed by atoms with Crippen molar-refractivity contribution in [2.24, 2.45) is 0 Å². The molecule has 0 heterocycles. The molecule has 1 unspecified atom stereocenters. The minimum absolute atomic E-state index is 0.277. The normalized spacial score (nSPS) is 11.9. The number of hydrogen-bond acceptors (Lipinski definition) is 4. The van der Waals surface area contributed by atoms with E-state index >= 15 is 0 Å². The van der Waals surface area contributed by atoms with Crippen LogP contribution in [-0.4, -0.2) is 26.2 Å². The molecule has 0 fully saturated rings. The fourth-order valence-corrected chi connectivity index (χ4v) is 1.75. The van der Waals surface area contributed by atoms with Gasteiger partial charge in [0.15, 0.2) is 0 Å². The molecule has 19 heavy (non-hydrogen) atoms. The van der Waals surface area contributed by atoms with Gasteiger partial charge in [0.05, 0.1) is 13.7 Å². The second kappa shape index (κ2) is 8.53. The first-order valence-electron chi connectivity index (χ1n) is 6.76. The van der Waals surface area contributed by atoms with E-state index in [9.17, 15) is 4.79 Å². The van der Waals surface area contributed by atoms with Crippen molar-refractivity contribution in [2.75, 3.05) is 20.3 Å². The van der Waals surface area contributed by atoms with Crippen LogP contribution in [0.2, 0.25) is 0 Å². The summed E-state index contributed by atoms with van der Waals surface area (Å²) >= 11 is 0. The van der Waals surface area contributed by atoms with E-state index in [0.29, 0.717) is 6.61 Å². The Morgan fingerprint density at radius 3 is 2.74 bits per heavy atom.